The third kappa shape index (κ3) is 3.03. The Bertz CT molecular complexity index is 471. The Labute approximate surface area is 118 Å². The molecule has 0 amide bonds. The number of aromatic carboxylic acids is 1. The van der Waals surface area contributed by atoms with Crippen molar-refractivity contribution in [1.82, 2.24) is 4.98 Å². The zero-order valence-electron chi connectivity index (χ0n) is 11.4. The lowest BCUT2D eigenvalue weighted by Gasteiger charge is -2.27. The van der Waals surface area contributed by atoms with Crippen LogP contribution in [0.25, 0.3) is 0 Å². The maximum Gasteiger partial charge on any atom is 0.339 e. The lowest BCUT2D eigenvalue weighted by molar-refractivity contribution is 0.0697. The van der Waals surface area contributed by atoms with Gasteiger partial charge in [-0.3, -0.25) is 0 Å². The van der Waals surface area contributed by atoms with Gasteiger partial charge in [0.2, 0.25) is 0 Å². The van der Waals surface area contributed by atoms with Crippen molar-refractivity contribution >= 4 is 23.5 Å². The zero-order chi connectivity index (χ0) is 13.9. The fourth-order valence-corrected chi connectivity index (χ4v) is 3.59. The van der Waals surface area contributed by atoms with Gasteiger partial charge in [-0.1, -0.05) is 12.8 Å². The summed E-state index contributed by atoms with van der Waals surface area (Å²) in [5.74, 6) is -0.425. The van der Waals surface area contributed by atoms with Gasteiger partial charge in [0.1, 0.15) is 11.4 Å². The number of pyridine rings is 1. The fraction of sp³-hybridized carbons (Fsp3) is 0.571. The normalized spacial score (nSPS) is 17.4. The summed E-state index contributed by atoms with van der Waals surface area (Å²) in [7, 11) is 0. The molecule has 1 heterocycles. The average molecular weight is 280 g/mol. The Kier molecular flexibility index (Phi) is 4.34. The molecule has 0 aromatic carbocycles. The topological polar surface area (TPSA) is 62.2 Å². The molecule has 0 bridgehead atoms. The van der Waals surface area contributed by atoms with Crippen LogP contribution in [-0.4, -0.2) is 33.6 Å². The number of nitrogens with one attached hydrogen (secondary N) is 1. The Hall–Kier alpha value is -1.23. The molecule has 0 spiro atoms. The molecule has 0 unspecified atom stereocenters. The van der Waals surface area contributed by atoms with Gasteiger partial charge in [0.15, 0.2) is 0 Å². The average Bonchev–Trinajstić information content (AvgIpc) is 2.85. The highest BCUT2D eigenvalue weighted by molar-refractivity contribution is 8.00. The van der Waals surface area contributed by atoms with Gasteiger partial charge in [-0.2, -0.15) is 11.8 Å². The molecule has 5 heteroatoms. The molecule has 1 fully saturated rings. The second-order valence-electron chi connectivity index (χ2n) is 5.10. The van der Waals surface area contributed by atoms with Crippen molar-refractivity contribution < 1.29 is 9.90 Å². The molecule has 19 heavy (non-hydrogen) atoms. The van der Waals surface area contributed by atoms with E-state index in [1.165, 1.54) is 25.7 Å². The number of hydrogen-bond donors (Lipinski definition) is 2. The number of hydrogen-bond acceptors (Lipinski definition) is 4. The molecular formula is C14H20N2O2S. The molecule has 4 nitrogen and oxygen atoms in total. The molecule has 2 rings (SSSR count). The monoisotopic (exact) mass is 280 g/mol. The van der Waals surface area contributed by atoms with E-state index in [2.05, 4.69) is 16.6 Å². The van der Waals surface area contributed by atoms with Gasteiger partial charge in [-0.15, -0.1) is 0 Å². The second-order valence-corrected chi connectivity index (χ2v) is 6.38. The lowest BCUT2D eigenvalue weighted by Crippen LogP contribution is -2.30. The summed E-state index contributed by atoms with van der Waals surface area (Å²) in [6.45, 7) is 2.58. The number of thioether (sulfide) groups is 1. The number of carboxylic acids is 1. The van der Waals surface area contributed by atoms with Gasteiger partial charge in [-0.25, -0.2) is 9.78 Å². The van der Waals surface area contributed by atoms with Crippen LogP contribution in [0.2, 0.25) is 0 Å². The van der Waals surface area contributed by atoms with E-state index in [-0.39, 0.29) is 10.3 Å². The summed E-state index contributed by atoms with van der Waals surface area (Å²) in [4.78, 5) is 15.5. The third-order valence-electron chi connectivity index (χ3n) is 3.90. The standard InChI is InChI=1S/C14H20N2O2S/c1-10-5-8-15-12(11(10)13(17)18)16-9-14(19-2)6-3-4-7-14/h5,8H,3-4,6-7,9H2,1-2H3,(H,15,16)(H,17,18). The third-order valence-corrected chi connectivity index (χ3v) is 5.32. The number of nitrogens with zero attached hydrogens (tertiary/aromatic N) is 1. The Morgan fingerprint density at radius 2 is 2.21 bits per heavy atom. The molecule has 1 aliphatic carbocycles. The molecule has 0 atom stereocenters. The van der Waals surface area contributed by atoms with E-state index in [1.807, 2.05) is 11.8 Å². The van der Waals surface area contributed by atoms with Gasteiger partial charge in [0.05, 0.1) is 0 Å². The van der Waals surface area contributed by atoms with E-state index in [4.69, 9.17) is 0 Å². The highest BCUT2D eigenvalue weighted by atomic mass is 32.2. The van der Waals surface area contributed by atoms with Crippen molar-refractivity contribution in [1.29, 1.82) is 0 Å². The number of anilines is 1. The van der Waals surface area contributed by atoms with Gasteiger partial charge in [0, 0.05) is 17.5 Å². The smallest absolute Gasteiger partial charge is 0.339 e. The van der Waals surface area contributed by atoms with Gasteiger partial charge >= 0.3 is 5.97 Å². The van der Waals surface area contributed by atoms with Gasteiger partial charge in [-0.05, 0) is 37.7 Å². The highest BCUT2D eigenvalue weighted by Gasteiger charge is 2.33. The minimum atomic E-state index is -0.919. The van der Waals surface area contributed by atoms with Crippen LogP contribution in [0.1, 0.15) is 41.6 Å². The van der Waals surface area contributed by atoms with E-state index in [0.717, 1.165) is 12.1 Å². The van der Waals surface area contributed by atoms with Crippen LogP contribution in [-0.2, 0) is 0 Å². The summed E-state index contributed by atoms with van der Waals surface area (Å²) in [6, 6.07) is 1.73. The zero-order valence-corrected chi connectivity index (χ0v) is 12.2. The summed E-state index contributed by atoms with van der Waals surface area (Å²) in [5, 5.41) is 12.5. The van der Waals surface area contributed by atoms with Crippen molar-refractivity contribution in [2.75, 3.05) is 18.1 Å². The first-order valence-corrected chi connectivity index (χ1v) is 7.78. The molecule has 0 aliphatic heterocycles. The molecular weight excluding hydrogens is 260 g/mol. The van der Waals surface area contributed by atoms with Crippen molar-refractivity contribution in [3.8, 4) is 0 Å². The van der Waals surface area contributed by atoms with Crippen LogP contribution in [0.5, 0.6) is 0 Å². The molecule has 0 radical (unpaired) electrons. The van der Waals surface area contributed by atoms with E-state index in [0.29, 0.717) is 5.82 Å². The van der Waals surface area contributed by atoms with Crippen LogP contribution in [0.4, 0.5) is 5.82 Å². The molecule has 0 saturated heterocycles. The lowest BCUT2D eigenvalue weighted by atomic mass is 10.1. The molecule has 2 N–H and O–H groups in total. The summed E-state index contributed by atoms with van der Waals surface area (Å²) < 4.78 is 0.237. The first-order chi connectivity index (χ1) is 9.08. The molecule has 104 valence electrons. The minimum absolute atomic E-state index is 0.237. The van der Waals surface area contributed by atoms with E-state index >= 15 is 0 Å². The largest absolute Gasteiger partial charge is 0.478 e. The first kappa shape index (κ1) is 14.2. The van der Waals surface area contributed by atoms with Crippen LogP contribution in [0, 0.1) is 6.92 Å². The first-order valence-electron chi connectivity index (χ1n) is 6.56. The Morgan fingerprint density at radius 3 is 2.79 bits per heavy atom. The van der Waals surface area contributed by atoms with E-state index < -0.39 is 5.97 Å². The van der Waals surface area contributed by atoms with E-state index in [9.17, 15) is 9.90 Å². The number of carbonyl (C=O) groups is 1. The summed E-state index contributed by atoms with van der Waals surface area (Å²) >= 11 is 1.88. The van der Waals surface area contributed by atoms with Gasteiger partial charge in [0.25, 0.3) is 0 Å². The number of rotatable bonds is 5. The SMILES string of the molecule is CSC1(CNc2nccc(C)c2C(=O)O)CCCC1. The van der Waals surface area contributed by atoms with Crippen molar-refractivity contribution in [2.24, 2.45) is 0 Å². The number of carboxylic acid groups (broad SMARTS) is 1. The van der Waals surface area contributed by atoms with Gasteiger partial charge < -0.3 is 10.4 Å². The van der Waals surface area contributed by atoms with Crippen LogP contribution in [0.15, 0.2) is 12.3 Å². The predicted molar refractivity (Wildman–Crippen MR) is 79.1 cm³/mol. The predicted octanol–water partition coefficient (Wildman–Crippen LogP) is 3.18. The molecule has 1 saturated carbocycles. The number of aromatic nitrogens is 1. The van der Waals surface area contributed by atoms with Crippen LogP contribution >= 0.6 is 11.8 Å². The minimum Gasteiger partial charge on any atom is -0.478 e. The second kappa shape index (κ2) is 5.82. The Morgan fingerprint density at radius 1 is 1.53 bits per heavy atom. The van der Waals surface area contributed by atoms with Crippen molar-refractivity contribution in [2.45, 2.75) is 37.4 Å². The van der Waals surface area contributed by atoms with E-state index in [1.54, 1.807) is 19.2 Å². The number of aryl methyl sites for hydroxylation is 1. The maximum atomic E-state index is 11.3. The van der Waals surface area contributed by atoms with Crippen LogP contribution < -0.4 is 5.32 Å². The summed E-state index contributed by atoms with van der Waals surface area (Å²) in [5.41, 5.74) is 1.03. The maximum absolute atomic E-state index is 11.3. The molecule has 1 aliphatic rings. The summed E-state index contributed by atoms with van der Waals surface area (Å²) in [6.07, 6.45) is 8.69. The van der Waals surface area contributed by atoms with Crippen molar-refractivity contribution in [3.63, 3.8) is 0 Å². The fourth-order valence-electron chi connectivity index (χ4n) is 2.68. The quantitative estimate of drug-likeness (QED) is 0.867. The Balaban J connectivity index is 2.15. The molecule has 1 aromatic rings. The van der Waals surface area contributed by atoms with Crippen molar-refractivity contribution in [3.05, 3.63) is 23.4 Å². The molecule has 1 aromatic heterocycles. The highest BCUT2D eigenvalue weighted by Crippen LogP contribution is 2.40. The van der Waals surface area contributed by atoms with Crippen LogP contribution in [0.3, 0.4) is 0 Å².